The van der Waals surface area contributed by atoms with Crippen LogP contribution < -0.4 is 15.4 Å². The van der Waals surface area contributed by atoms with Crippen molar-refractivity contribution in [1.29, 1.82) is 0 Å². The molecule has 44 heavy (non-hydrogen) atoms. The molecule has 0 heterocycles. The van der Waals surface area contributed by atoms with Crippen LogP contribution in [-0.4, -0.2) is 49.7 Å². The maximum Gasteiger partial charge on any atom is 0.251 e. The molecule has 7 nitrogen and oxygen atoms in total. The highest BCUT2D eigenvalue weighted by Gasteiger charge is 2.39. The molecular formula is C36H52N2O5Si. The minimum atomic E-state index is -2.14. The Morgan fingerprint density at radius 1 is 0.955 bits per heavy atom. The van der Waals surface area contributed by atoms with E-state index in [-0.39, 0.29) is 34.9 Å². The lowest BCUT2D eigenvalue weighted by atomic mass is 9.93. The highest BCUT2D eigenvalue weighted by Crippen LogP contribution is 2.40. The van der Waals surface area contributed by atoms with E-state index in [1.54, 1.807) is 6.07 Å². The lowest BCUT2D eigenvalue weighted by molar-refractivity contribution is 0.0954. The number of aliphatic hydroxyl groups excluding tert-OH is 1. The summed E-state index contributed by atoms with van der Waals surface area (Å²) >= 11 is 0. The second-order valence-corrected chi connectivity index (χ2v) is 18.4. The molecule has 1 amide bonds. The van der Waals surface area contributed by atoms with Gasteiger partial charge in [0.25, 0.3) is 5.91 Å². The summed E-state index contributed by atoms with van der Waals surface area (Å²) in [7, 11) is -2.14. The number of carbonyl (C=O) groups is 1. The Bertz CT molecular complexity index is 1380. The molecule has 0 bridgehead atoms. The lowest BCUT2D eigenvalue weighted by Gasteiger charge is -2.40. The van der Waals surface area contributed by atoms with Crippen molar-refractivity contribution in [2.45, 2.75) is 90.8 Å². The van der Waals surface area contributed by atoms with E-state index >= 15 is 0 Å². The van der Waals surface area contributed by atoms with Crippen LogP contribution >= 0.6 is 0 Å². The molecule has 8 heteroatoms. The second kappa shape index (κ2) is 15.2. The molecule has 1 atom stereocenters. The van der Waals surface area contributed by atoms with Crippen LogP contribution in [0.4, 0.5) is 0 Å². The maximum absolute atomic E-state index is 13.0. The topological polar surface area (TPSA) is 100 Å². The Hall–Kier alpha value is -3.17. The molecule has 240 valence electrons. The summed E-state index contributed by atoms with van der Waals surface area (Å²) in [4.78, 5) is 13.0. The van der Waals surface area contributed by atoms with Crippen LogP contribution in [0.3, 0.4) is 0 Å². The van der Waals surface area contributed by atoms with E-state index in [1.807, 2.05) is 61.5 Å². The van der Waals surface area contributed by atoms with E-state index in [4.69, 9.17) is 9.16 Å². The average molecular weight is 621 g/mol. The zero-order chi connectivity index (χ0) is 32.5. The van der Waals surface area contributed by atoms with Crippen LogP contribution in [0.5, 0.6) is 11.5 Å². The van der Waals surface area contributed by atoms with Crippen LogP contribution in [0, 0.1) is 0 Å². The minimum absolute atomic E-state index is 0.0199. The first-order chi connectivity index (χ1) is 20.6. The third-order valence-electron chi connectivity index (χ3n) is 8.40. The fraction of sp³-hybridized carbons (Fsp3) is 0.472. The van der Waals surface area contributed by atoms with Crippen molar-refractivity contribution in [3.05, 3.63) is 94.5 Å². The number of benzene rings is 3. The summed E-state index contributed by atoms with van der Waals surface area (Å²) in [5.41, 5.74) is 3.93. The monoisotopic (exact) mass is 620 g/mol. The molecule has 0 aliphatic heterocycles. The zero-order valence-corrected chi connectivity index (χ0v) is 28.8. The molecule has 0 saturated heterocycles. The third kappa shape index (κ3) is 10.2. The maximum atomic E-state index is 13.0. The van der Waals surface area contributed by atoms with Gasteiger partial charge in [-0.1, -0.05) is 51.1 Å². The van der Waals surface area contributed by atoms with E-state index in [2.05, 4.69) is 64.4 Å². The first kappa shape index (κ1) is 35.3. The van der Waals surface area contributed by atoms with Crippen LogP contribution in [0.25, 0.3) is 0 Å². The molecule has 3 aromatic rings. The molecule has 0 aliphatic rings. The Morgan fingerprint density at radius 3 is 2.34 bits per heavy atom. The Morgan fingerprint density at radius 2 is 1.66 bits per heavy atom. The van der Waals surface area contributed by atoms with E-state index < -0.39 is 8.32 Å². The van der Waals surface area contributed by atoms with Crippen molar-refractivity contribution in [2.75, 3.05) is 19.7 Å². The number of nitrogens with one attached hydrogen (secondary N) is 2. The van der Waals surface area contributed by atoms with Gasteiger partial charge in [-0.25, -0.2) is 0 Å². The number of ether oxygens (including phenoxy) is 1. The van der Waals surface area contributed by atoms with Crippen molar-refractivity contribution in [1.82, 2.24) is 10.6 Å². The number of carbonyl (C=O) groups excluding carboxylic acids is 1. The van der Waals surface area contributed by atoms with Gasteiger partial charge in [-0.2, -0.15) is 0 Å². The fourth-order valence-corrected chi connectivity index (χ4v) is 6.12. The number of hydrogen-bond donors (Lipinski definition) is 4. The lowest BCUT2D eigenvalue weighted by Crippen LogP contribution is -2.47. The molecule has 0 unspecified atom stereocenters. The van der Waals surface area contributed by atoms with E-state index in [1.165, 1.54) is 0 Å². The predicted molar refractivity (Wildman–Crippen MR) is 181 cm³/mol. The highest BCUT2D eigenvalue weighted by molar-refractivity contribution is 6.74. The van der Waals surface area contributed by atoms with Crippen LogP contribution in [0.15, 0.2) is 66.7 Å². The molecule has 0 radical (unpaired) electrons. The minimum Gasteiger partial charge on any atom is -0.508 e. The van der Waals surface area contributed by atoms with Gasteiger partial charge >= 0.3 is 0 Å². The Labute approximate surface area is 265 Å². The largest absolute Gasteiger partial charge is 0.508 e. The quantitative estimate of drug-likeness (QED) is 0.138. The third-order valence-corrected chi connectivity index (χ3v) is 12.9. The van der Waals surface area contributed by atoms with Gasteiger partial charge in [0.2, 0.25) is 0 Å². The number of amides is 1. The van der Waals surface area contributed by atoms with Gasteiger partial charge in [0.05, 0.1) is 19.3 Å². The summed E-state index contributed by atoms with van der Waals surface area (Å²) in [6.07, 6.45) is 1.18. The smallest absolute Gasteiger partial charge is 0.251 e. The summed E-state index contributed by atoms with van der Waals surface area (Å²) in [6, 6.07) is 21.1. The molecular weight excluding hydrogens is 568 g/mol. The van der Waals surface area contributed by atoms with E-state index in [9.17, 15) is 15.0 Å². The number of rotatable bonds is 15. The molecule has 0 spiro atoms. The van der Waals surface area contributed by atoms with Gasteiger partial charge in [0.15, 0.2) is 8.32 Å². The SMILES string of the molecule is CCOc1cccc(CCNC(=O)c2cccc(CC(C)(C)NC[C@@H](O[Si](C)(C)C(C)(C)C)c3ccc(O)c(CO)c3)c2)c1. The van der Waals surface area contributed by atoms with Gasteiger partial charge in [-0.3, -0.25) is 4.79 Å². The average Bonchev–Trinajstić information content (AvgIpc) is 2.95. The van der Waals surface area contributed by atoms with Crippen molar-refractivity contribution in [3.63, 3.8) is 0 Å². The second-order valence-electron chi connectivity index (χ2n) is 13.6. The molecule has 0 aliphatic carbocycles. The van der Waals surface area contributed by atoms with Crippen LogP contribution in [0.2, 0.25) is 18.1 Å². The van der Waals surface area contributed by atoms with Crippen LogP contribution in [0.1, 0.15) is 80.3 Å². The van der Waals surface area contributed by atoms with E-state index in [0.29, 0.717) is 37.2 Å². The van der Waals surface area contributed by atoms with Crippen molar-refractivity contribution in [3.8, 4) is 11.5 Å². The number of aliphatic hydroxyl groups is 1. The van der Waals surface area contributed by atoms with Gasteiger partial charge in [0.1, 0.15) is 11.5 Å². The van der Waals surface area contributed by atoms with Crippen molar-refractivity contribution in [2.24, 2.45) is 0 Å². The van der Waals surface area contributed by atoms with Crippen molar-refractivity contribution < 1.29 is 24.2 Å². The number of hydrogen-bond acceptors (Lipinski definition) is 6. The summed E-state index contributed by atoms with van der Waals surface area (Å²) in [5.74, 6) is 0.833. The highest BCUT2D eigenvalue weighted by atomic mass is 28.4. The number of aromatic hydroxyl groups is 1. The molecule has 0 fully saturated rings. The fourth-order valence-electron chi connectivity index (χ4n) is 4.84. The molecule has 3 aromatic carbocycles. The van der Waals surface area contributed by atoms with Gasteiger partial charge in [-0.15, -0.1) is 0 Å². The van der Waals surface area contributed by atoms with Gasteiger partial charge in [0, 0.05) is 29.8 Å². The summed E-state index contributed by atoms with van der Waals surface area (Å²) < 4.78 is 12.4. The normalized spacial score (nSPS) is 13.0. The van der Waals surface area contributed by atoms with E-state index in [0.717, 1.165) is 28.9 Å². The molecule has 4 N–H and O–H groups in total. The summed E-state index contributed by atoms with van der Waals surface area (Å²) in [6.45, 7) is 18.8. The Kier molecular flexibility index (Phi) is 12.2. The predicted octanol–water partition coefficient (Wildman–Crippen LogP) is 6.93. The Balaban J connectivity index is 1.66. The molecule has 3 rings (SSSR count). The van der Waals surface area contributed by atoms with Gasteiger partial charge < -0.3 is 30.0 Å². The summed E-state index contributed by atoms with van der Waals surface area (Å²) in [5, 5.41) is 26.7. The first-order valence-corrected chi connectivity index (χ1v) is 18.5. The molecule has 0 aromatic heterocycles. The number of phenols is 1. The van der Waals surface area contributed by atoms with Crippen molar-refractivity contribution >= 4 is 14.2 Å². The first-order valence-electron chi connectivity index (χ1n) is 15.6. The van der Waals surface area contributed by atoms with Crippen LogP contribution in [-0.2, 0) is 23.9 Å². The molecule has 0 saturated carbocycles. The standard InChI is InChI=1S/C36H52N2O5Si/c1-9-42-31-15-11-12-26(21-31)18-19-37-34(41)29-14-10-13-27(20-29)23-36(5,6)38-24-33(43-44(7,8)35(2,3)4)28-16-17-32(40)30(22-28)25-39/h10-17,20-22,33,38-40H,9,18-19,23-25H2,1-8H3,(H,37,41)/t33-/m1/s1. The zero-order valence-electron chi connectivity index (χ0n) is 27.8. The van der Waals surface area contributed by atoms with Gasteiger partial charge in [-0.05, 0) is 105 Å².